The minimum absolute atomic E-state index is 0.0192. The number of nitrogens with zero attached hydrogens (tertiary/aromatic N) is 1. The number of ketones is 1. The van der Waals surface area contributed by atoms with Crippen LogP contribution in [0.1, 0.15) is 102 Å². The van der Waals surface area contributed by atoms with Crippen molar-refractivity contribution >= 4 is 11.7 Å². The molecular formula is C31H50N2O4. The second-order valence-corrected chi connectivity index (χ2v) is 12.7. The highest BCUT2D eigenvalue weighted by Crippen LogP contribution is 2.39. The Morgan fingerprint density at radius 2 is 1.84 bits per heavy atom. The molecule has 0 radical (unpaired) electrons. The predicted octanol–water partition coefficient (Wildman–Crippen LogP) is 5.89. The van der Waals surface area contributed by atoms with E-state index >= 15 is 0 Å². The number of piperidine rings is 1. The maximum absolute atomic E-state index is 13.5. The third-order valence-corrected chi connectivity index (χ3v) is 8.27. The van der Waals surface area contributed by atoms with Crippen LogP contribution in [0.5, 0.6) is 5.75 Å². The van der Waals surface area contributed by atoms with Crippen molar-refractivity contribution in [1.29, 1.82) is 0 Å². The molecule has 2 aliphatic rings. The Morgan fingerprint density at radius 3 is 2.46 bits per heavy atom. The van der Waals surface area contributed by atoms with Gasteiger partial charge in [0.15, 0.2) is 5.78 Å². The minimum Gasteiger partial charge on any atom is -0.508 e. The molecule has 1 aromatic rings. The van der Waals surface area contributed by atoms with Gasteiger partial charge < -0.3 is 15.2 Å². The molecule has 1 aromatic carbocycles. The van der Waals surface area contributed by atoms with Crippen LogP contribution in [0, 0.1) is 24.7 Å². The number of nitrogens with one attached hydrogen (secondary N) is 1. The van der Waals surface area contributed by atoms with Crippen molar-refractivity contribution in [1.82, 2.24) is 10.2 Å². The third kappa shape index (κ3) is 8.03. The zero-order valence-corrected chi connectivity index (χ0v) is 24.2. The van der Waals surface area contributed by atoms with E-state index in [2.05, 4.69) is 17.1 Å². The molecule has 1 aliphatic carbocycles. The van der Waals surface area contributed by atoms with Crippen LogP contribution in [-0.2, 0) is 9.53 Å². The number of benzene rings is 1. The lowest BCUT2D eigenvalue weighted by Gasteiger charge is -2.47. The molecule has 2 fully saturated rings. The Balaban J connectivity index is 1.83. The lowest BCUT2D eigenvalue weighted by atomic mass is 9.72. The summed E-state index contributed by atoms with van der Waals surface area (Å²) >= 11 is 0. The first-order valence-electron chi connectivity index (χ1n) is 14.4. The molecule has 208 valence electrons. The number of fused-ring (bicyclic) bond motifs is 1. The number of carbonyl (C=O) groups is 2. The number of aromatic hydroxyl groups is 1. The summed E-state index contributed by atoms with van der Waals surface area (Å²) in [5.41, 5.74) is 0.923. The molecule has 6 heteroatoms. The molecule has 0 unspecified atom stereocenters. The van der Waals surface area contributed by atoms with E-state index in [-0.39, 0.29) is 47.1 Å². The highest BCUT2D eigenvalue weighted by Gasteiger charge is 2.42. The van der Waals surface area contributed by atoms with Crippen LogP contribution in [0.3, 0.4) is 0 Å². The van der Waals surface area contributed by atoms with E-state index in [9.17, 15) is 14.7 Å². The second kappa shape index (κ2) is 12.8. The topological polar surface area (TPSA) is 78.9 Å². The normalized spacial score (nSPS) is 24.4. The van der Waals surface area contributed by atoms with Gasteiger partial charge >= 0.3 is 0 Å². The van der Waals surface area contributed by atoms with Gasteiger partial charge in [-0.05, 0) is 78.2 Å². The van der Waals surface area contributed by atoms with Crippen LogP contribution in [0.2, 0.25) is 0 Å². The van der Waals surface area contributed by atoms with Crippen LogP contribution in [0.15, 0.2) is 18.2 Å². The Morgan fingerprint density at radius 1 is 1.16 bits per heavy atom. The first kappa shape index (κ1) is 29.6. The van der Waals surface area contributed by atoms with Gasteiger partial charge in [0.1, 0.15) is 5.75 Å². The lowest BCUT2D eigenvalue weighted by molar-refractivity contribution is -0.134. The summed E-state index contributed by atoms with van der Waals surface area (Å²) in [5, 5.41) is 13.4. The van der Waals surface area contributed by atoms with E-state index < -0.39 is 0 Å². The van der Waals surface area contributed by atoms with Gasteiger partial charge in [-0.3, -0.25) is 14.5 Å². The van der Waals surface area contributed by atoms with Crippen molar-refractivity contribution in [2.75, 3.05) is 13.1 Å². The molecule has 1 aliphatic heterocycles. The van der Waals surface area contributed by atoms with Crippen molar-refractivity contribution in [3.8, 4) is 5.75 Å². The van der Waals surface area contributed by atoms with Crippen LogP contribution < -0.4 is 5.32 Å². The van der Waals surface area contributed by atoms with E-state index in [0.29, 0.717) is 35.9 Å². The van der Waals surface area contributed by atoms with Crippen LogP contribution in [0.25, 0.3) is 0 Å². The Kier molecular flexibility index (Phi) is 10.2. The molecular weight excluding hydrogens is 464 g/mol. The molecule has 1 amide bonds. The molecule has 0 bridgehead atoms. The summed E-state index contributed by atoms with van der Waals surface area (Å²) in [6, 6.07) is 4.97. The molecule has 1 heterocycles. The number of hydrogen-bond donors (Lipinski definition) is 2. The molecule has 0 spiro atoms. The average Bonchev–Trinajstić information content (AvgIpc) is 2.81. The van der Waals surface area contributed by atoms with Crippen molar-refractivity contribution in [2.24, 2.45) is 17.8 Å². The van der Waals surface area contributed by atoms with Crippen molar-refractivity contribution < 1.29 is 19.4 Å². The molecule has 3 rings (SSSR count). The van der Waals surface area contributed by atoms with Crippen molar-refractivity contribution in [3.63, 3.8) is 0 Å². The zero-order valence-electron chi connectivity index (χ0n) is 24.2. The number of ether oxygens (including phenoxy) is 1. The Labute approximate surface area is 224 Å². The highest BCUT2D eigenvalue weighted by molar-refractivity contribution is 5.98. The van der Waals surface area contributed by atoms with E-state index in [0.717, 1.165) is 19.4 Å². The standard InChI is InChI=1S/C31H50N2O4/c1-8-22(17-28(35)25-14-11-15-27(34)21(25)4)29(37-20(2)3)19-33-18-24-13-10-9-12-23(24)16-26(33)30(36)32-31(5,6)7/h11,14-15,20,22-24,26,29,34H,8-10,12-13,16-19H2,1-7H3,(H,32,36)/t22-,23+,24-,26+,29-/m1/s1. The number of phenolic OH excluding ortho intramolecular Hbond substituents is 1. The Bertz CT molecular complexity index is 922. The van der Waals surface area contributed by atoms with Gasteiger partial charge in [-0.1, -0.05) is 44.7 Å². The van der Waals surface area contributed by atoms with Crippen LogP contribution in [-0.4, -0.2) is 58.6 Å². The van der Waals surface area contributed by atoms with Gasteiger partial charge in [0.2, 0.25) is 5.91 Å². The summed E-state index contributed by atoms with van der Waals surface area (Å²) in [6.07, 6.45) is 6.92. The quantitative estimate of drug-likeness (QED) is 0.381. The molecule has 5 atom stereocenters. The summed E-state index contributed by atoms with van der Waals surface area (Å²) < 4.78 is 6.49. The SMILES string of the molecule is CC[C@H](CC(=O)c1cccc(O)c1C)[C@@H](CN1C[C@H]2CCCC[C@H]2C[C@H]1C(=O)NC(C)(C)C)OC(C)C. The van der Waals surface area contributed by atoms with Gasteiger partial charge in [-0.15, -0.1) is 0 Å². The van der Waals surface area contributed by atoms with E-state index in [4.69, 9.17) is 4.74 Å². The van der Waals surface area contributed by atoms with Gasteiger partial charge in [-0.2, -0.15) is 0 Å². The van der Waals surface area contributed by atoms with Crippen LogP contribution in [0.4, 0.5) is 0 Å². The highest BCUT2D eigenvalue weighted by atomic mass is 16.5. The van der Waals surface area contributed by atoms with E-state index in [1.807, 2.05) is 34.6 Å². The number of rotatable bonds is 10. The number of phenols is 1. The van der Waals surface area contributed by atoms with Crippen molar-refractivity contribution in [2.45, 2.75) is 117 Å². The van der Waals surface area contributed by atoms with E-state index in [1.165, 1.54) is 25.7 Å². The monoisotopic (exact) mass is 514 g/mol. The van der Waals surface area contributed by atoms with Gasteiger partial charge in [0, 0.05) is 36.2 Å². The zero-order chi connectivity index (χ0) is 27.3. The minimum atomic E-state index is -0.280. The van der Waals surface area contributed by atoms with E-state index in [1.54, 1.807) is 25.1 Å². The van der Waals surface area contributed by atoms with Gasteiger partial charge in [0.05, 0.1) is 18.2 Å². The fourth-order valence-corrected chi connectivity index (χ4v) is 6.32. The van der Waals surface area contributed by atoms with Gasteiger partial charge in [0.25, 0.3) is 0 Å². The molecule has 1 saturated carbocycles. The third-order valence-electron chi connectivity index (χ3n) is 8.27. The Hall–Kier alpha value is -1.92. The number of likely N-dealkylation sites (tertiary alicyclic amines) is 1. The smallest absolute Gasteiger partial charge is 0.237 e. The summed E-state index contributed by atoms with van der Waals surface area (Å²) in [6.45, 7) is 15.7. The average molecular weight is 515 g/mol. The first-order valence-corrected chi connectivity index (χ1v) is 14.4. The molecule has 0 aromatic heterocycles. The maximum atomic E-state index is 13.5. The van der Waals surface area contributed by atoms with Crippen LogP contribution >= 0.6 is 0 Å². The number of Topliss-reactive ketones (excluding diaryl/α,β-unsaturated/α-hetero) is 1. The summed E-state index contributed by atoms with van der Waals surface area (Å²) in [4.78, 5) is 29.2. The fraction of sp³-hybridized carbons (Fsp3) is 0.742. The molecule has 6 nitrogen and oxygen atoms in total. The summed E-state index contributed by atoms with van der Waals surface area (Å²) in [5.74, 6) is 1.56. The number of carbonyl (C=O) groups excluding carboxylic acids is 2. The molecule has 2 N–H and O–H groups in total. The maximum Gasteiger partial charge on any atom is 0.237 e. The number of hydrogen-bond acceptors (Lipinski definition) is 5. The molecule has 37 heavy (non-hydrogen) atoms. The lowest BCUT2D eigenvalue weighted by Crippen LogP contribution is -2.59. The first-order chi connectivity index (χ1) is 17.4. The largest absolute Gasteiger partial charge is 0.508 e. The van der Waals surface area contributed by atoms with Crippen molar-refractivity contribution in [3.05, 3.63) is 29.3 Å². The summed E-state index contributed by atoms with van der Waals surface area (Å²) in [7, 11) is 0. The molecule has 1 saturated heterocycles. The second-order valence-electron chi connectivity index (χ2n) is 12.7. The number of amides is 1. The fourth-order valence-electron chi connectivity index (χ4n) is 6.32. The predicted molar refractivity (Wildman–Crippen MR) is 149 cm³/mol. The van der Waals surface area contributed by atoms with Gasteiger partial charge in [-0.25, -0.2) is 0 Å².